The molecule has 0 unspecified atom stereocenters. The van der Waals surface area contributed by atoms with Crippen LogP contribution in [0.2, 0.25) is 0 Å². The van der Waals surface area contributed by atoms with E-state index in [1.807, 2.05) is 19.1 Å². The molecule has 4 nitrogen and oxygen atoms in total. The molecule has 0 aliphatic carbocycles. The van der Waals surface area contributed by atoms with Gasteiger partial charge < -0.3 is 10.1 Å². The van der Waals surface area contributed by atoms with Gasteiger partial charge in [-0.1, -0.05) is 12.1 Å². The van der Waals surface area contributed by atoms with Crippen molar-refractivity contribution in [1.29, 1.82) is 0 Å². The molecule has 0 radical (unpaired) electrons. The molecule has 0 fully saturated rings. The number of carbonyl (C=O) groups excluding carboxylic acids is 2. The molecule has 1 atom stereocenters. The zero-order valence-electron chi connectivity index (χ0n) is 13.0. The average Bonchev–Trinajstić information content (AvgIpc) is 2.93. The molecule has 0 bridgehead atoms. The number of ether oxygens (including phenoxy) is 1. The molecule has 1 aromatic heterocycles. The molecule has 23 heavy (non-hydrogen) atoms. The summed E-state index contributed by atoms with van der Waals surface area (Å²) in [6.45, 7) is 2.09. The molecular weight excluding hydrogens is 317 g/mol. The zero-order valence-corrected chi connectivity index (χ0v) is 13.8. The number of rotatable bonds is 6. The second-order valence-electron chi connectivity index (χ2n) is 5.12. The van der Waals surface area contributed by atoms with E-state index in [-0.39, 0.29) is 24.7 Å². The molecule has 122 valence electrons. The number of halogens is 1. The highest BCUT2D eigenvalue weighted by atomic mass is 32.1. The van der Waals surface area contributed by atoms with E-state index in [9.17, 15) is 14.0 Å². The molecule has 2 rings (SSSR count). The lowest BCUT2D eigenvalue weighted by molar-refractivity contribution is -0.142. The van der Waals surface area contributed by atoms with Crippen LogP contribution in [-0.2, 0) is 20.7 Å². The Hall–Kier alpha value is -2.21. The van der Waals surface area contributed by atoms with E-state index < -0.39 is 11.9 Å². The lowest BCUT2D eigenvalue weighted by Gasteiger charge is -2.15. The summed E-state index contributed by atoms with van der Waals surface area (Å²) < 4.78 is 17.8. The van der Waals surface area contributed by atoms with Crippen LogP contribution in [-0.4, -0.2) is 25.5 Å². The van der Waals surface area contributed by atoms with Crippen LogP contribution in [0.3, 0.4) is 0 Å². The molecule has 1 heterocycles. The summed E-state index contributed by atoms with van der Waals surface area (Å²) in [5.41, 5.74) is 0.602. The first kappa shape index (κ1) is 17.1. The monoisotopic (exact) mass is 335 g/mol. The molecule has 2 aromatic rings. The largest absolute Gasteiger partial charge is 0.468 e. The second-order valence-corrected chi connectivity index (χ2v) is 6.49. The Labute approximate surface area is 138 Å². The molecule has 0 spiro atoms. The van der Waals surface area contributed by atoms with Gasteiger partial charge in [0.2, 0.25) is 5.91 Å². The molecule has 1 N–H and O–H groups in total. The topological polar surface area (TPSA) is 55.4 Å². The van der Waals surface area contributed by atoms with Crippen molar-refractivity contribution in [3.8, 4) is 0 Å². The van der Waals surface area contributed by atoms with Crippen LogP contribution in [0.15, 0.2) is 36.4 Å². The van der Waals surface area contributed by atoms with Crippen LogP contribution >= 0.6 is 11.3 Å². The van der Waals surface area contributed by atoms with Crippen LogP contribution in [0.5, 0.6) is 0 Å². The average molecular weight is 335 g/mol. The zero-order chi connectivity index (χ0) is 16.8. The van der Waals surface area contributed by atoms with Crippen molar-refractivity contribution in [1.82, 2.24) is 5.32 Å². The van der Waals surface area contributed by atoms with Gasteiger partial charge in [-0.25, -0.2) is 4.39 Å². The fourth-order valence-electron chi connectivity index (χ4n) is 2.19. The molecule has 0 saturated heterocycles. The third kappa shape index (κ3) is 4.89. The van der Waals surface area contributed by atoms with Gasteiger partial charge in [-0.15, -0.1) is 11.3 Å². The maximum atomic E-state index is 13.0. The van der Waals surface area contributed by atoms with Crippen molar-refractivity contribution in [2.45, 2.75) is 19.3 Å². The van der Waals surface area contributed by atoms with E-state index in [1.54, 1.807) is 11.3 Å². The predicted octanol–water partition coefficient (Wildman–Crippen LogP) is 2.81. The first-order chi connectivity index (χ1) is 11.0. The summed E-state index contributed by atoms with van der Waals surface area (Å²) in [6, 6.07) is 9.47. The van der Waals surface area contributed by atoms with Crippen molar-refractivity contribution >= 4 is 23.2 Å². The minimum Gasteiger partial charge on any atom is -0.468 e. The van der Waals surface area contributed by atoms with Gasteiger partial charge in [-0.2, -0.15) is 0 Å². The minimum atomic E-state index is -0.658. The van der Waals surface area contributed by atoms with E-state index in [4.69, 9.17) is 4.74 Å². The van der Waals surface area contributed by atoms with Crippen LogP contribution in [0.25, 0.3) is 0 Å². The lowest BCUT2D eigenvalue weighted by Crippen LogP contribution is -2.33. The Bertz CT molecular complexity index is 681. The minimum absolute atomic E-state index is 0.113. The standard InChI is InChI=1S/C17H18FNO3S/c1-11-3-8-14(23-11)9-16(20)19-10-15(17(21)22-2)12-4-6-13(18)7-5-12/h3-8,15H,9-10H2,1-2H3,(H,19,20)/t15-/m0/s1. The summed E-state index contributed by atoms with van der Waals surface area (Å²) in [6.07, 6.45) is 0.274. The molecule has 0 aliphatic heterocycles. The highest BCUT2D eigenvalue weighted by molar-refractivity contribution is 7.12. The Morgan fingerprint density at radius 2 is 1.91 bits per heavy atom. The maximum Gasteiger partial charge on any atom is 0.314 e. The number of esters is 1. The van der Waals surface area contributed by atoms with Gasteiger partial charge in [0.25, 0.3) is 0 Å². The first-order valence-electron chi connectivity index (χ1n) is 7.15. The molecule has 1 amide bonds. The molecule has 6 heteroatoms. The number of benzene rings is 1. The molecule has 0 aliphatic rings. The number of hydrogen-bond acceptors (Lipinski definition) is 4. The highest BCUT2D eigenvalue weighted by Gasteiger charge is 2.22. The first-order valence-corrected chi connectivity index (χ1v) is 7.96. The second kappa shape index (κ2) is 7.87. The van der Waals surface area contributed by atoms with Gasteiger partial charge in [-0.05, 0) is 36.8 Å². The van der Waals surface area contributed by atoms with Crippen LogP contribution in [0.4, 0.5) is 4.39 Å². The van der Waals surface area contributed by atoms with E-state index >= 15 is 0 Å². The van der Waals surface area contributed by atoms with Gasteiger partial charge in [0, 0.05) is 16.3 Å². The summed E-state index contributed by atoms with van der Waals surface area (Å²) in [5.74, 6) is -1.67. The normalized spacial score (nSPS) is 11.8. The highest BCUT2D eigenvalue weighted by Crippen LogP contribution is 2.18. The van der Waals surface area contributed by atoms with Crippen molar-refractivity contribution in [2.75, 3.05) is 13.7 Å². The van der Waals surface area contributed by atoms with E-state index in [1.165, 1.54) is 31.4 Å². The summed E-state index contributed by atoms with van der Waals surface area (Å²) in [4.78, 5) is 26.0. The smallest absolute Gasteiger partial charge is 0.314 e. The predicted molar refractivity (Wildman–Crippen MR) is 86.9 cm³/mol. The Morgan fingerprint density at radius 3 is 2.48 bits per heavy atom. The third-order valence-corrected chi connectivity index (χ3v) is 4.39. The summed E-state index contributed by atoms with van der Waals surface area (Å²) in [5, 5.41) is 2.74. The Kier molecular flexibility index (Phi) is 5.87. The van der Waals surface area contributed by atoms with E-state index in [2.05, 4.69) is 5.32 Å². The number of aryl methyl sites for hydroxylation is 1. The van der Waals surface area contributed by atoms with Crippen molar-refractivity contribution < 1.29 is 18.7 Å². The number of carbonyl (C=O) groups is 2. The van der Waals surface area contributed by atoms with Crippen molar-refractivity contribution in [2.24, 2.45) is 0 Å². The number of methoxy groups -OCH3 is 1. The number of hydrogen-bond donors (Lipinski definition) is 1. The van der Waals surface area contributed by atoms with Gasteiger partial charge >= 0.3 is 5.97 Å². The Morgan fingerprint density at radius 1 is 1.22 bits per heavy atom. The molecule has 1 aromatic carbocycles. The molecular formula is C17H18FNO3S. The van der Waals surface area contributed by atoms with Crippen LogP contribution in [0, 0.1) is 12.7 Å². The fraction of sp³-hybridized carbons (Fsp3) is 0.294. The van der Waals surface area contributed by atoms with Gasteiger partial charge in [-0.3, -0.25) is 9.59 Å². The quantitative estimate of drug-likeness (QED) is 0.826. The van der Waals surface area contributed by atoms with Gasteiger partial charge in [0.15, 0.2) is 0 Å². The third-order valence-electron chi connectivity index (χ3n) is 3.39. The van der Waals surface area contributed by atoms with Gasteiger partial charge in [0.05, 0.1) is 19.4 Å². The number of thiophene rings is 1. The Balaban J connectivity index is 1.99. The van der Waals surface area contributed by atoms with E-state index in [0.29, 0.717) is 5.56 Å². The van der Waals surface area contributed by atoms with Crippen LogP contribution < -0.4 is 5.32 Å². The van der Waals surface area contributed by atoms with Gasteiger partial charge in [0.1, 0.15) is 5.82 Å². The maximum absolute atomic E-state index is 13.0. The number of amides is 1. The SMILES string of the molecule is COC(=O)[C@@H](CNC(=O)Cc1ccc(C)s1)c1ccc(F)cc1. The fourth-order valence-corrected chi connectivity index (χ4v) is 3.08. The molecule has 0 saturated carbocycles. The van der Waals surface area contributed by atoms with E-state index in [0.717, 1.165) is 9.75 Å². The van der Waals surface area contributed by atoms with Crippen molar-refractivity contribution in [3.05, 3.63) is 57.5 Å². The van der Waals surface area contributed by atoms with Crippen LogP contribution in [0.1, 0.15) is 21.2 Å². The number of nitrogens with one attached hydrogen (secondary N) is 1. The lowest BCUT2D eigenvalue weighted by atomic mass is 9.99. The van der Waals surface area contributed by atoms with Crippen molar-refractivity contribution in [3.63, 3.8) is 0 Å². The summed E-state index contributed by atoms with van der Waals surface area (Å²) >= 11 is 1.56. The summed E-state index contributed by atoms with van der Waals surface area (Å²) in [7, 11) is 1.29.